The van der Waals surface area contributed by atoms with Crippen molar-refractivity contribution in [3.05, 3.63) is 16.5 Å². The molecule has 0 unspecified atom stereocenters. The van der Waals surface area contributed by atoms with Gasteiger partial charge in [0, 0.05) is 24.5 Å². The summed E-state index contributed by atoms with van der Waals surface area (Å²) in [6.07, 6.45) is 0. The molecular weight excluding hydrogens is 282 g/mol. The Labute approximate surface area is 119 Å². The second kappa shape index (κ2) is 7.35. The zero-order valence-electron chi connectivity index (χ0n) is 11.8. The van der Waals surface area contributed by atoms with Crippen LogP contribution in [-0.4, -0.2) is 39.5 Å². The van der Waals surface area contributed by atoms with Crippen molar-refractivity contribution in [2.24, 2.45) is 5.73 Å². The molecule has 1 aromatic heterocycles. The fraction of sp³-hybridized carbons (Fsp3) is 0.667. The molecule has 0 aliphatic rings. The molecule has 7 heteroatoms. The molecule has 0 spiro atoms. The van der Waals surface area contributed by atoms with Gasteiger partial charge in [-0.3, -0.25) is 0 Å². The van der Waals surface area contributed by atoms with Gasteiger partial charge in [-0.25, -0.2) is 13.1 Å². The minimum atomic E-state index is -3.40. The first kappa shape index (κ1) is 16.6. The Bertz CT molecular complexity index is 493. The topological polar surface area (TPSA) is 75.4 Å². The number of aryl methyl sites for hydroxylation is 1. The number of nitrogens with one attached hydrogen (secondary N) is 1. The summed E-state index contributed by atoms with van der Waals surface area (Å²) < 4.78 is 27.2. The average molecular weight is 305 g/mol. The van der Waals surface area contributed by atoms with Crippen molar-refractivity contribution in [2.45, 2.75) is 31.5 Å². The lowest BCUT2D eigenvalue weighted by Crippen LogP contribution is -2.34. The minimum Gasteiger partial charge on any atom is -0.326 e. The summed E-state index contributed by atoms with van der Waals surface area (Å²) in [5.41, 5.74) is 6.51. The van der Waals surface area contributed by atoms with E-state index in [4.69, 9.17) is 5.73 Å². The number of hydrogen-bond acceptors (Lipinski definition) is 5. The molecule has 0 fully saturated rings. The summed E-state index contributed by atoms with van der Waals surface area (Å²) in [4.78, 5) is 3.09. The van der Waals surface area contributed by atoms with E-state index in [1.807, 2.05) is 6.92 Å². The van der Waals surface area contributed by atoms with E-state index in [2.05, 4.69) is 23.5 Å². The number of nitrogens with zero attached hydrogens (tertiary/aromatic N) is 1. The van der Waals surface area contributed by atoms with E-state index in [1.165, 1.54) is 11.3 Å². The maximum Gasteiger partial charge on any atom is 0.250 e. The summed E-state index contributed by atoms with van der Waals surface area (Å²) in [5.74, 6) is 0. The van der Waals surface area contributed by atoms with Crippen LogP contribution in [0, 0.1) is 6.92 Å². The zero-order valence-corrected chi connectivity index (χ0v) is 13.4. The summed E-state index contributed by atoms with van der Waals surface area (Å²) in [6.45, 7) is 9.39. The highest BCUT2D eigenvalue weighted by Crippen LogP contribution is 2.25. The van der Waals surface area contributed by atoms with Gasteiger partial charge in [-0.05, 0) is 31.6 Å². The van der Waals surface area contributed by atoms with Gasteiger partial charge in [-0.2, -0.15) is 0 Å². The quantitative estimate of drug-likeness (QED) is 0.755. The summed E-state index contributed by atoms with van der Waals surface area (Å²) in [6, 6.07) is 1.69. The van der Waals surface area contributed by atoms with Crippen LogP contribution in [0.2, 0.25) is 0 Å². The number of nitrogens with two attached hydrogens (primary N) is 1. The van der Waals surface area contributed by atoms with Crippen molar-refractivity contribution in [2.75, 3.05) is 26.2 Å². The maximum atomic E-state index is 12.1. The van der Waals surface area contributed by atoms with E-state index in [1.54, 1.807) is 6.07 Å². The second-order valence-corrected chi connectivity index (χ2v) is 7.43. The van der Waals surface area contributed by atoms with Gasteiger partial charge >= 0.3 is 0 Å². The number of thiophene rings is 1. The first-order chi connectivity index (χ1) is 8.94. The normalized spacial score (nSPS) is 12.3. The highest BCUT2D eigenvalue weighted by molar-refractivity contribution is 7.91. The van der Waals surface area contributed by atoms with E-state index in [0.29, 0.717) is 17.3 Å². The van der Waals surface area contributed by atoms with Crippen molar-refractivity contribution >= 4 is 21.4 Å². The van der Waals surface area contributed by atoms with Gasteiger partial charge < -0.3 is 10.6 Å². The molecule has 0 radical (unpaired) electrons. The van der Waals surface area contributed by atoms with Gasteiger partial charge in [-0.15, -0.1) is 11.3 Å². The van der Waals surface area contributed by atoms with Gasteiger partial charge in [0.2, 0.25) is 10.0 Å². The molecular formula is C12H23N3O2S2. The van der Waals surface area contributed by atoms with Crippen molar-refractivity contribution in [3.8, 4) is 0 Å². The van der Waals surface area contributed by atoms with Crippen LogP contribution in [0.1, 0.15) is 24.3 Å². The summed E-state index contributed by atoms with van der Waals surface area (Å²) >= 11 is 1.25. The lowest BCUT2D eigenvalue weighted by molar-refractivity contribution is 0.309. The van der Waals surface area contributed by atoms with Crippen LogP contribution < -0.4 is 10.5 Å². The third-order valence-electron chi connectivity index (χ3n) is 3.06. The first-order valence-electron chi connectivity index (χ1n) is 6.46. The summed E-state index contributed by atoms with van der Waals surface area (Å²) in [7, 11) is -3.40. The fourth-order valence-electron chi connectivity index (χ4n) is 1.77. The second-order valence-electron chi connectivity index (χ2n) is 4.30. The van der Waals surface area contributed by atoms with Crippen LogP contribution in [0.4, 0.5) is 0 Å². The lowest BCUT2D eigenvalue weighted by atomic mass is 10.3. The number of likely N-dealkylation sites (N-methyl/N-ethyl adjacent to an activating group) is 1. The van der Waals surface area contributed by atoms with Crippen molar-refractivity contribution in [3.63, 3.8) is 0 Å². The highest BCUT2D eigenvalue weighted by atomic mass is 32.2. The Kier molecular flexibility index (Phi) is 6.41. The average Bonchev–Trinajstić information content (AvgIpc) is 2.77. The molecule has 0 aromatic carbocycles. The predicted molar refractivity (Wildman–Crippen MR) is 79.9 cm³/mol. The molecule has 0 amide bonds. The van der Waals surface area contributed by atoms with Gasteiger partial charge in [0.25, 0.3) is 0 Å². The molecule has 1 rings (SSSR count). The Hall–Kier alpha value is -0.470. The van der Waals surface area contributed by atoms with Gasteiger partial charge in [0.1, 0.15) is 4.21 Å². The lowest BCUT2D eigenvalue weighted by Gasteiger charge is -2.17. The van der Waals surface area contributed by atoms with E-state index < -0.39 is 10.0 Å². The third kappa shape index (κ3) is 4.54. The molecule has 5 nitrogen and oxygen atoms in total. The monoisotopic (exact) mass is 305 g/mol. The third-order valence-corrected chi connectivity index (χ3v) is 6.26. The van der Waals surface area contributed by atoms with E-state index >= 15 is 0 Å². The van der Waals surface area contributed by atoms with Crippen LogP contribution >= 0.6 is 11.3 Å². The predicted octanol–water partition coefficient (Wildman–Crippen LogP) is 1.14. The zero-order chi connectivity index (χ0) is 14.5. The molecule has 1 heterocycles. The molecule has 0 aliphatic heterocycles. The maximum absolute atomic E-state index is 12.1. The van der Waals surface area contributed by atoms with Crippen LogP contribution in [-0.2, 0) is 16.6 Å². The summed E-state index contributed by atoms with van der Waals surface area (Å²) in [5, 5.41) is 0. The molecule has 110 valence electrons. The molecule has 0 bridgehead atoms. The Morgan fingerprint density at radius 1 is 1.37 bits per heavy atom. The van der Waals surface area contributed by atoms with Crippen molar-refractivity contribution in [1.82, 2.24) is 9.62 Å². The van der Waals surface area contributed by atoms with E-state index in [-0.39, 0.29) is 0 Å². The molecule has 0 saturated heterocycles. The van der Waals surface area contributed by atoms with Crippen LogP contribution in [0.5, 0.6) is 0 Å². The largest absolute Gasteiger partial charge is 0.326 e. The molecule has 3 N–H and O–H groups in total. The van der Waals surface area contributed by atoms with Crippen molar-refractivity contribution < 1.29 is 8.42 Å². The van der Waals surface area contributed by atoms with Gasteiger partial charge in [0.05, 0.1) is 0 Å². The minimum absolute atomic E-state index is 0.352. The highest BCUT2D eigenvalue weighted by Gasteiger charge is 2.18. The molecule has 19 heavy (non-hydrogen) atoms. The number of rotatable bonds is 8. The first-order valence-corrected chi connectivity index (χ1v) is 8.76. The smallest absolute Gasteiger partial charge is 0.250 e. The standard InChI is InChI=1S/C12H23N3O2S2/c1-4-15(5-2)7-6-14-19(16,17)12-8-10(3)11(9-13)18-12/h8,14H,4-7,9,13H2,1-3H3. The molecule has 0 atom stereocenters. The SMILES string of the molecule is CCN(CC)CCNS(=O)(=O)c1cc(C)c(CN)s1. The Balaban J connectivity index is 2.65. The van der Waals surface area contributed by atoms with E-state index in [0.717, 1.165) is 30.1 Å². The fourth-order valence-corrected chi connectivity index (χ4v) is 4.31. The molecule has 0 saturated carbocycles. The molecule has 1 aromatic rings. The van der Waals surface area contributed by atoms with E-state index in [9.17, 15) is 8.42 Å². The van der Waals surface area contributed by atoms with Crippen LogP contribution in [0.15, 0.2) is 10.3 Å². The van der Waals surface area contributed by atoms with Crippen molar-refractivity contribution in [1.29, 1.82) is 0 Å². The van der Waals surface area contributed by atoms with Crippen LogP contribution in [0.25, 0.3) is 0 Å². The Morgan fingerprint density at radius 2 is 2.00 bits per heavy atom. The number of sulfonamides is 1. The van der Waals surface area contributed by atoms with Gasteiger partial charge in [0.15, 0.2) is 0 Å². The van der Waals surface area contributed by atoms with Crippen LogP contribution in [0.3, 0.4) is 0 Å². The number of hydrogen-bond donors (Lipinski definition) is 2. The Morgan fingerprint density at radius 3 is 2.47 bits per heavy atom. The molecule has 0 aliphatic carbocycles. The van der Waals surface area contributed by atoms with Gasteiger partial charge in [-0.1, -0.05) is 13.8 Å².